The van der Waals surface area contributed by atoms with Gasteiger partial charge in [0.15, 0.2) is 4.77 Å². The Bertz CT molecular complexity index is 759. The second kappa shape index (κ2) is 6.45. The van der Waals surface area contributed by atoms with E-state index < -0.39 is 0 Å². The molecule has 0 saturated carbocycles. The highest BCUT2D eigenvalue weighted by Crippen LogP contribution is 2.28. The molecule has 1 fully saturated rings. The number of hydrogen-bond donors (Lipinski definition) is 1. The quantitative estimate of drug-likeness (QED) is 0.874. The molecule has 0 unspecified atom stereocenters. The Morgan fingerprint density at radius 1 is 1.22 bits per heavy atom. The van der Waals surface area contributed by atoms with Crippen molar-refractivity contribution < 1.29 is 9.53 Å². The predicted molar refractivity (Wildman–Crippen MR) is 91.7 cm³/mol. The highest BCUT2D eigenvalue weighted by atomic mass is 32.1. The van der Waals surface area contributed by atoms with Gasteiger partial charge >= 0.3 is 0 Å². The number of carbonyl (C=O) groups is 1. The average molecular weight is 332 g/mol. The molecule has 0 spiro atoms. The van der Waals surface area contributed by atoms with Crippen molar-refractivity contribution in [3.05, 3.63) is 40.9 Å². The van der Waals surface area contributed by atoms with Gasteiger partial charge < -0.3 is 24.1 Å². The lowest BCUT2D eigenvalue weighted by atomic mass is 10.2. The Morgan fingerprint density at radius 3 is 2.52 bits per heavy atom. The number of benzene rings is 1. The second-order valence-corrected chi connectivity index (χ2v) is 5.88. The largest absolute Gasteiger partial charge is 0.495 e. The Kier molecular flexibility index (Phi) is 4.38. The van der Waals surface area contributed by atoms with Crippen LogP contribution in [0.3, 0.4) is 0 Å². The molecule has 1 amide bonds. The first-order chi connectivity index (χ1) is 11.1. The van der Waals surface area contributed by atoms with Crippen LogP contribution in [0.25, 0.3) is 0 Å². The molecule has 1 N–H and O–H groups in total. The lowest BCUT2D eigenvalue weighted by Gasteiger charge is -2.36. The van der Waals surface area contributed by atoms with Crippen molar-refractivity contribution in [3.8, 4) is 5.75 Å². The van der Waals surface area contributed by atoms with Gasteiger partial charge in [0.25, 0.3) is 5.91 Å². The van der Waals surface area contributed by atoms with Crippen LogP contribution in [-0.2, 0) is 7.05 Å². The van der Waals surface area contributed by atoms with E-state index in [4.69, 9.17) is 17.0 Å². The molecule has 3 rings (SSSR count). The number of rotatable bonds is 3. The lowest BCUT2D eigenvalue weighted by Crippen LogP contribution is -2.49. The minimum absolute atomic E-state index is 0.0135. The third kappa shape index (κ3) is 2.96. The summed E-state index contributed by atoms with van der Waals surface area (Å²) in [4.78, 5) is 19.6. The average Bonchev–Trinajstić information content (AvgIpc) is 2.93. The summed E-state index contributed by atoms with van der Waals surface area (Å²) in [6, 6.07) is 7.96. The molecule has 1 aromatic heterocycles. The van der Waals surface area contributed by atoms with Crippen molar-refractivity contribution in [2.75, 3.05) is 38.2 Å². The molecule has 1 aliphatic rings. The molecule has 23 heavy (non-hydrogen) atoms. The monoisotopic (exact) mass is 332 g/mol. The van der Waals surface area contributed by atoms with Gasteiger partial charge in [0.05, 0.1) is 12.8 Å². The number of aromatic amines is 1. The van der Waals surface area contributed by atoms with E-state index in [0.29, 0.717) is 23.6 Å². The fourth-order valence-corrected chi connectivity index (χ4v) is 3.00. The van der Waals surface area contributed by atoms with Crippen molar-refractivity contribution in [1.29, 1.82) is 0 Å². The molecule has 122 valence electrons. The number of H-pyrrole nitrogens is 1. The van der Waals surface area contributed by atoms with E-state index in [0.717, 1.165) is 24.5 Å². The summed E-state index contributed by atoms with van der Waals surface area (Å²) in [5.41, 5.74) is 1.67. The molecule has 1 aromatic carbocycles. The summed E-state index contributed by atoms with van der Waals surface area (Å²) in [6.45, 7) is 2.91. The second-order valence-electron chi connectivity index (χ2n) is 5.49. The summed E-state index contributed by atoms with van der Waals surface area (Å²) in [7, 11) is 3.48. The van der Waals surface area contributed by atoms with Gasteiger partial charge in [-0.25, -0.2) is 0 Å². The van der Waals surface area contributed by atoms with Crippen molar-refractivity contribution in [2.45, 2.75) is 0 Å². The Balaban J connectivity index is 1.70. The van der Waals surface area contributed by atoms with Crippen molar-refractivity contribution in [2.24, 2.45) is 7.05 Å². The van der Waals surface area contributed by atoms with Gasteiger partial charge in [-0.05, 0) is 24.4 Å². The summed E-state index contributed by atoms with van der Waals surface area (Å²) >= 11 is 5.12. The molecule has 0 aliphatic carbocycles. The summed E-state index contributed by atoms with van der Waals surface area (Å²) < 4.78 is 7.69. The van der Waals surface area contributed by atoms with E-state index in [2.05, 4.69) is 9.88 Å². The molecule has 2 aromatic rings. The zero-order chi connectivity index (χ0) is 16.4. The molecule has 0 radical (unpaired) electrons. The van der Waals surface area contributed by atoms with Gasteiger partial charge in [0, 0.05) is 39.4 Å². The number of methoxy groups -OCH3 is 1. The first-order valence-corrected chi connectivity index (χ1v) is 7.94. The van der Waals surface area contributed by atoms with Gasteiger partial charge in [-0.2, -0.15) is 0 Å². The Hall–Kier alpha value is -2.28. The predicted octanol–water partition coefficient (Wildman–Crippen LogP) is 2.05. The molecular weight excluding hydrogens is 312 g/mol. The van der Waals surface area contributed by atoms with E-state index in [9.17, 15) is 4.79 Å². The van der Waals surface area contributed by atoms with Crippen molar-refractivity contribution in [3.63, 3.8) is 0 Å². The highest BCUT2D eigenvalue weighted by Gasteiger charge is 2.25. The molecular formula is C16H20N4O2S. The molecule has 1 saturated heterocycles. The maximum Gasteiger partial charge on any atom is 0.272 e. The van der Waals surface area contributed by atoms with Crippen LogP contribution >= 0.6 is 12.2 Å². The number of aromatic nitrogens is 2. The molecule has 0 bridgehead atoms. The third-order valence-electron chi connectivity index (χ3n) is 4.21. The molecule has 0 atom stereocenters. The highest BCUT2D eigenvalue weighted by molar-refractivity contribution is 7.71. The summed E-state index contributed by atoms with van der Waals surface area (Å²) in [5.74, 6) is 0.875. The van der Waals surface area contributed by atoms with Crippen molar-refractivity contribution in [1.82, 2.24) is 14.5 Å². The number of hydrogen-bond acceptors (Lipinski definition) is 4. The number of nitrogens with zero attached hydrogens (tertiary/aromatic N) is 3. The fourth-order valence-electron chi connectivity index (χ4n) is 2.84. The minimum Gasteiger partial charge on any atom is -0.495 e. The van der Waals surface area contributed by atoms with Crippen LogP contribution in [0.4, 0.5) is 5.69 Å². The molecule has 1 aliphatic heterocycles. The standard InChI is InChI=1S/C16H20N4O2S/c1-18-13(11-17-16(18)23)15(21)20-9-7-19(8-10-20)12-5-3-4-6-14(12)22-2/h3-6,11H,7-10H2,1-2H3,(H,17,23). The van der Waals surface area contributed by atoms with E-state index in [-0.39, 0.29) is 5.91 Å². The summed E-state index contributed by atoms with van der Waals surface area (Å²) in [6.07, 6.45) is 1.68. The van der Waals surface area contributed by atoms with E-state index in [1.165, 1.54) is 0 Å². The maximum atomic E-state index is 12.6. The van der Waals surface area contributed by atoms with Gasteiger partial charge in [-0.3, -0.25) is 4.79 Å². The number of ether oxygens (including phenoxy) is 1. The Morgan fingerprint density at radius 2 is 1.91 bits per heavy atom. The van der Waals surface area contributed by atoms with Crippen LogP contribution in [0.1, 0.15) is 10.5 Å². The SMILES string of the molecule is COc1ccccc1N1CCN(C(=O)c2c[nH]c(=S)n2C)CC1. The number of para-hydroxylation sites is 2. The molecule has 6 nitrogen and oxygen atoms in total. The van der Waals surface area contributed by atoms with Crippen LogP contribution in [-0.4, -0.2) is 53.6 Å². The normalized spacial score (nSPS) is 14.9. The number of carbonyl (C=O) groups excluding carboxylic acids is 1. The molecule has 7 heteroatoms. The van der Waals surface area contributed by atoms with Crippen LogP contribution in [0, 0.1) is 4.77 Å². The van der Waals surface area contributed by atoms with Gasteiger partial charge in [-0.15, -0.1) is 0 Å². The van der Waals surface area contributed by atoms with Crippen LogP contribution in [0.2, 0.25) is 0 Å². The van der Waals surface area contributed by atoms with Gasteiger partial charge in [-0.1, -0.05) is 12.1 Å². The first kappa shape index (κ1) is 15.6. The zero-order valence-corrected chi connectivity index (χ0v) is 14.1. The number of anilines is 1. The fraction of sp³-hybridized carbons (Fsp3) is 0.375. The number of nitrogens with one attached hydrogen (secondary N) is 1. The number of amides is 1. The Labute approximate surface area is 140 Å². The van der Waals surface area contributed by atoms with Crippen LogP contribution in [0.15, 0.2) is 30.5 Å². The van der Waals surface area contributed by atoms with Crippen molar-refractivity contribution >= 4 is 23.8 Å². The topological polar surface area (TPSA) is 53.5 Å². The van der Waals surface area contributed by atoms with E-state index >= 15 is 0 Å². The molecule has 2 heterocycles. The summed E-state index contributed by atoms with van der Waals surface area (Å²) in [5, 5.41) is 0. The maximum absolute atomic E-state index is 12.6. The van der Waals surface area contributed by atoms with Gasteiger partial charge in [0.1, 0.15) is 11.4 Å². The number of imidazole rings is 1. The van der Waals surface area contributed by atoms with E-state index in [1.54, 1.807) is 24.9 Å². The minimum atomic E-state index is 0.0135. The third-order valence-corrected chi connectivity index (χ3v) is 4.60. The first-order valence-electron chi connectivity index (χ1n) is 7.53. The van der Waals surface area contributed by atoms with E-state index in [1.807, 2.05) is 29.2 Å². The van der Waals surface area contributed by atoms with Crippen LogP contribution < -0.4 is 9.64 Å². The van der Waals surface area contributed by atoms with Gasteiger partial charge in [0.2, 0.25) is 0 Å². The zero-order valence-electron chi connectivity index (χ0n) is 13.3. The number of piperazine rings is 1. The lowest BCUT2D eigenvalue weighted by molar-refractivity contribution is 0.0737. The van der Waals surface area contributed by atoms with Crippen LogP contribution in [0.5, 0.6) is 5.75 Å². The smallest absolute Gasteiger partial charge is 0.272 e.